The molecule has 1 atom stereocenters. The van der Waals surface area contributed by atoms with Crippen molar-refractivity contribution in [2.24, 2.45) is 11.7 Å². The molecule has 0 saturated carbocycles. The number of thiocarbonyl (C=S) groups is 1. The Hall–Kier alpha value is -1.03. The van der Waals surface area contributed by atoms with Crippen LogP contribution in [0.3, 0.4) is 0 Å². The molecule has 0 aromatic heterocycles. The van der Waals surface area contributed by atoms with E-state index < -0.39 is 19.9 Å². The second-order valence-electron chi connectivity index (χ2n) is 5.01. The third kappa shape index (κ3) is 4.22. The van der Waals surface area contributed by atoms with Crippen LogP contribution in [0.2, 0.25) is 0 Å². The van der Waals surface area contributed by atoms with Gasteiger partial charge in [0.1, 0.15) is 4.99 Å². The molecule has 3 N–H and O–H groups in total. The lowest BCUT2D eigenvalue weighted by atomic mass is 10.1. The van der Waals surface area contributed by atoms with Crippen molar-refractivity contribution < 1.29 is 16.8 Å². The molecule has 0 bridgehead atoms. The predicted molar refractivity (Wildman–Crippen MR) is 84.3 cm³/mol. The van der Waals surface area contributed by atoms with Crippen LogP contribution in [0.15, 0.2) is 29.2 Å². The largest absolute Gasteiger partial charge is 0.389 e. The number of hydrogen-bond acceptors (Lipinski definition) is 5. The van der Waals surface area contributed by atoms with Gasteiger partial charge in [-0.05, 0) is 24.5 Å². The Kier molecular flexibility index (Phi) is 4.66. The smallest absolute Gasteiger partial charge is 0.240 e. The molecule has 0 amide bonds. The van der Waals surface area contributed by atoms with Crippen LogP contribution in [0.1, 0.15) is 12.0 Å². The predicted octanol–water partition coefficient (Wildman–Crippen LogP) is 0.0338. The molecule has 0 radical (unpaired) electrons. The minimum atomic E-state index is -3.66. The molecule has 2 rings (SSSR count). The zero-order valence-corrected chi connectivity index (χ0v) is 13.6. The van der Waals surface area contributed by atoms with Crippen molar-refractivity contribution in [1.82, 2.24) is 4.72 Å². The molecule has 1 saturated heterocycles. The summed E-state index contributed by atoms with van der Waals surface area (Å²) in [5.74, 6) is -0.00143. The van der Waals surface area contributed by atoms with E-state index in [2.05, 4.69) is 4.72 Å². The van der Waals surface area contributed by atoms with Crippen LogP contribution in [0, 0.1) is 5.92 Å². The number of benzene rings is 1. The molecule has 0 aliphatic carbocycles. The van der Waals surface area contributed by atoms with Crippen LogP contribution >= 0.6 is 12.2 Å². The maximum atomic E-state index is 12.1. The summed E-state index contributed by atoms with van der Waals surface area (Å²) in [7, 11) is -6.66. The van der Waals surface area contributed by atoms with E-state index in [9.17, 15) is 16.8 Å². The monoisotopic (exact) mass is 348 g/mol. The third-order valence-corrected chi connectivity index (χ3v) is 6.85. The Morgan fingerprint density at radius 3 is 2.43 bits per heavy atom. The van der Waals surface area contributed by atoms with Crippen LogP contribution < -0.4 is 10.5 Å². The van der Waals surface area contributed by atoms with Crippen molar-refractivity contribution in [2.45, 2.75) is 11.3 Å². The molecule has 1 aliphatic rings. The first kappa shape index (κ1) is 16.3. The van der Waals surface area contributed by atoms with E-state index in [1.807, 2.05) is 0 Å². The Balaban J connectivity index is 2.03. The fourth-order valence-electron chi connectivity index (χ4n) is 2.14. The van der Waals surface area contributed by atoms with Crippen LogP contribution in [-0.4, -0.2) is 39.9 Å². The lowest BCUT2D eigenvalue weighted by Gasteiger charge is -2.10. The van der Waals surface area contributed by atoms with Crippen molar-refractivity contribution >= 4 is 37.1 Å². The van der Waals surface area contributed by atoms with Gasteiger partial charge in [-0.25, -0.2) is 21.6 Å². The highest BCUT2D eigenvalue weighted by molar-refractivity contribution is 7.91. The summed E-state index contributed by atoms with van der Waals surface area (Å²) in [6.45, 7) is 0.124. The molecule has 1 aromatic rings. The second kappa shape index (κ2) is 5.99. The standard InChI is InChI=1S/C12H16N2O4S3/c13-12(19)10-1-3-11(4-2-10)21(17,18)14-7-9-5-6-20(15,16)8-9/h1-4,9,14H,5-8H2,(H2,13,19). The fraction of sp³-hybridized carbons (Fsp3) is 0.417. The van der Waals surface area contributed by atoms with Gasteiger partial charge in [-0.1, -0.05) is 24.4 Å². The van der Waals surface area contributed by atoms with Crippen LogP contribution in [0.5, 0.6) is 0 Å². The highest BCUT2D eigenvalue weighted by Crippen LogP contribution is 2.18. The van der Waals surface area contributed by atoms with Gasteiger partial charge in [-0.2, -0.15) is 0 Å². The van der Waals surface area contributed by atoms with Gasteiger partial charge in [-0.15, -0.1) is 0 Å². The molecule has 1 unspecified atom stereocenters. The summed E-state index contributed by atoms with van der Waals surface area (Å²) in [6, 6.07) is 5.91. The van der Waals surface area contributed by atoms with Crippen LogP contribution in [0.4, 0.5) is 0 Å². The number of sulfone groups is 1. The van der Waals surface area contributed by atoms with Crippen molar-refractivity contribution in [1.29, 1.82) is 0 Å². The highest BCUT2D eigenvalue weighted by atomic mass is 32.2. The second-order valence-corrected chi connectivity index (χ2v) is 9.45. The van der Waals surface area contributed by atoms with Crippen LogP contribution in [0.25, 0.3) is 0 Å². The first-order valence-electron chi connectivity index (χ1n) is 6.29. The quantitative estimate of drug-likeness (QED) is 0.728. The zero-order valence-electron chi connectivity index (χ0n) is 11.2. The summed E-state index contributed by atoms with van der Waals surface area (Å²) >= 11 is 4.80. The maximum absolute atomic E-state index is 12.1. The molecule has 1 heterocycles. The Morgan fingerprint density at radius 2 is 1.95 bits per heavy atom. The van der Waals surface area contributed by atoms with Gasteiger partial charge in [0.05, 0.1) is 16.4 Å². The number of rotatable bonds is 5. The molecule has 116 valence electrons. The first-order valence-corrected chi connectivity index (χ1v) is 10.0. The van der Waals surface area contributed by atoms with Crippen molar-refractivity contribution in [2.75, 3.05) is 18.1 Å². The average molecular weight is 348 g/mol. The minimum Gasteiger partial charge on any atom is -0.389 e. The van der Waals surface area contributed by atoms with E-state index in [1.165, 1.54) is 24.3 Å². The van der Waals surface area contributed by atoms with Gasteiger partial charge in [0.15, 0.2) is 9.84 Å². The molecule has 0 spiro atoms. The first-order chi connectivity index (χ1) is 9.70. The molecule has 9 heteroatoms. The van der Waals surface area contributed by atoms with Crippen molar-refractivity contribution in [3.05, 3.63) is 29.8 Å². The Morgan fingerprint density at radius 1 is 1.33 bits per heavy atom. The summed E-state index contributed by atoms with van der Waals surface area (Å²) in [5.41, 5.74) is 6.04. The van der Waals surface area contributed by atoms with E-state index in [4.69, 9.17) is 18.0 Å². The lowest BCUT2D eigenvalue weighted by molar-refractivity contribution is 0.543. The number of sulfonamides is 1. The lowest BCUT2D eigenvalue weighted by Crippen LogP contribution is -2.30. The topological polar surface area (TPSA) is 106 Å². The van der Waals surface area contributed by atoms with Crippen molar-refractivity contribution in [3.8, 4) is 0 Å². The summed E-state index contributed by atoms with van der Waals surface area (Å²) in [6.07, 6.45) is 0.491. The number of hydrogen-bond donors (Lipinski definition) is 2. The summed E-state index contributed by atoms with van der Waals surface area (Å²) < 4.78 is 49.3. The van der Waals surface area contributed by atoms with E-state index in [0.29, 0.717) is 12.0 Å². The van der Waals surface area contributed by atoms with E-state index in [1.54, 1.807) is 0 Å². The minimum absolute atomic E-state index is 0.0376. The summed E-state index contributed by atoms with van der Waals surface area (Å²) in [4.78, 5) is 0.298. The molecule has 21 heavy (non-hydrogen) atoms. The average Bonchev–Trinajstić information content (AvgIpc) is 2.76. The molecule has 6 nitrogen and oxygen atoms in total. The fourth-order valence-corrected chi connectivity index (χ4v) is 5.26. The summed E-state index contributed by atoms with van der Waals surface area (Å²) in [5, 5.41) is 0. The molecule has 1 fully saturated rings. The van der Waals surface area contributed by atoms with E-state index in [0.717, 1.165) is 0 Å². The highest BCUT2D eigenvalue weighted by Gasteiger charge is 2.28. The molecular weight excluding hydrogens is 332 g/mol. The molecule has 1 aromatic carbocycles. The number of nitrogens with one attached hydrogen (secondary N) is 1. The van der Waals surface area contributed by atoms with E-state index in [-0.39, 0.29) is 33.9 Å². The SMILES string of the molecule is NC(=S)c1ccc(S(=O)(=O)NCC2CCS(=O)(=O)C2)cc1. The Bertz CT molecular complexity index is 739. The molecule has 1 aliphatic heterocycles. The van der Waals surface area contributed by atoms with Crippen molar-refractivity contribution in [3.63, 3.8) is 0 Å². The zero-order chi connectivity index (χ0) is 15.7. The maximum Gasteiger partial charge on any atom is 0.240 e. The van der Waals surface area contributed by atoms with Gasteiger partial charge >= 0.3 is 0 Å². The van der Waals surface area contributed by atoms with Gasteiger partial charge in [0, 0.05) is 12.1 Å². The van der Waals surface area contributed by atoms with Crippen LogP contribution in [-0.2, 0) is 19.9 Å². The molecular formula is C12H16N2O4S3. The van der Waals surface area contributed by atoms with Gasteiger partial charge in [-0.3, -0.25) is 0 Å². The third-order valence-electron chi connectivity index (χ3n) is 3.34. The van der Waals surface area contributed by atoms with Gasteiger partial charge < -0.3 is 5.73 Å². The van der Waals surface area contributed by atoms with Gasteiger partial charge in [0.25, 0.3) is 0 Å². The van der Waals surface area contributed by atoms with Gasteiger partial charge in [0.2, 0.25) is 10.0 Å². The normalized spacial score (nSPS) is 21.2. The Labute approximate surface area is 129 Å². The number of nitrogens with two attached hydrogens (primary N) is 1. The van der Waals surface area contributed by atoms with E-state index >= 15 is 0 Å².